The van der Waals surface area contributed by atoms with E-state index >= 15 is 0 Å². The maximum atomic E-state index is 13.7. The summed E-state index contributed by atoms with van der Waals surface area (Å²) in [7, 11) is 0. The van der Waals surface area contributed by atoms with Crippen LogP contribution in [0.25, 0.3) is 0 Å². The first-order chi connectivity index (χ1) is 11.4. The van der Waals surface area contributed by atoms with Gasteiger partial charge in [-0.1, -0.05) is 38.8 Å². The van der Waals surface area contributed by atoms with Crippen molar-refractivity contribution in [2.45, 2.75) is 57.7 Å². The van der Waals surface area contributed by atoms with Gasteiger partial charge in [-0.05, 0) is 30.9 Å². The van der Waals surface area contributed by atoms with Gasteiger partial charge in [0.15, 0.2) is 0 Å². The van der Waals surface area contributed by atoms with Gasteiger partial charge in [-0.3, -0.25) is 9.59 Å². The summed E-state index contributed by atoms with van der Waals surface area (Å²) >= 11 is 0. The Morgan fingerprint density at radius 2 is 1.88 bits per heavy atom. The van der Waals surface area contributed by atoms with E-state index in [1.807, 2.05) is 13.8 Å². The number of halogens is 1. The summed E-state index contributed by atoms with van der Waals surface area (Å²) in [6.07, 6.45) is 2.73. The number of benzene rings is 1. The fourth-order valence-electron chi connectivity index (χ4n) is 2.95. The van der Waals surface area contributed by atoms with Crippen LogP contribution < -0.4 is 10.6 Å². The van der Waals surface area contributed by atoms with Crippen LogP contribution in [0.4, 0.5) is 4.39 Å². The van der Waals surface area contributed by atoms with Gasteiger partial charge in [0.1, 0.15) is 11.9 Å². The maximum absolute atomic E-state index is 13.7. The Labute approximate surface area is 141 Å². The number of hydrogen-bond donors (Lipinski definition) is 3. The molecule has 1 fully saturated rings. The van der Waals surface area contributed by atoms with Crippen LogP contribution in [-0.4, -0.2) is 35.1 Å². The Morgan fingerprint density at radius 3 is 2.50 bits per heavy atom. The topological polar surface area (TPSA) is 78.4 Å². The molecule has 0 heterocycles. The van der Waals surface area contributed by atoms with Crippen molar-refractivity contribution < 1.29 is 19.1 Å². The minimum Gasteiger partial charge on any atom is -0.391 e. The second-order valence-electron chi connectivity index (χ2n) is 6.64. The molecule has 6 heteroatoms. The molecule has 0 radical (unpaired) electrons. The molecule has 3 N–H and O–H groups in total. The van der Waals surface area contributed by atoms with Crippen molar-refractivity contribution in [1.29, 1.82) is 0 Å². The number of nitrogens with one attached hydrogen (secondary N) is 2. The average molecular weight is 336 g/mol. The van der Waals surface area contributed by atoms with Crippen molar-refractivity contribution in [3.63, 3.8) is 0 Å². The molecular formula is C18H25FN2O3. The number of carbonyl (C=O) groups excluding carboxylic acids is 2. The predicted molar refractivity (Wildman–Crippen MR) is 88.9 cm³/mol. The van der Waals surface area contributed by atoms with Crippen LogP contribution in [-0.2, 0) is 4.79 Å². The minimum absolute atomic E-state index is 0.0892. The van der Waals surface area contributed by atoms with Crippen molar-refractivity contribution in [2.75, 3.05) is 0 Å². The number of aliphatic hydroxyl groups excluding tert-OH is 1. The quantitative estimate of drug-likeness (QED) is 0.769. The molecule has 0 saturated heterocycles. The zero-order valence-corrected chi connectivity index (χ0v) is 14.1. The third kappa shape index (κ3) is 4.54. The molecule has 1 aromatic rings. The Morgan fingerprint density at radius 1 is 1.21 bits per heavy atom. The van der Waals surface area contributed by atoms with E-state index < -0.39 is 23.9 Å². The van der Waals surface area contributed by atoms with Gasteiger partial charge in [0.25, 0.3) is 5.91 Å². The van der Waals surface area contributed by atoms with Gasteiger partial charge in [0, 0.05) is 0 Å². The summed E-state index contributed by atoms with van der Waals surface area (Å²) < 4.78 is 13.7. The maximum Gasteiger partial charge on any atom is 0.254 e. The molecule has 0 aromatic heterocycles. The highest BCUT2D eigenvalue weighted by molar-refractivity contribution is 5.97. The predicted octanol–water partition coefficient (Wildman–Crippen LogP) is 2.00. The Hall–Kier alpha value is -1.95. The van der Waals surface area contributed by atoms with Gasteiger partial charge < -0.3 is 15.7 Å². The molecular weight excluding hydrogens is 311 g/mol. The largest absolute Gasteiger partial charge is 0.391 e. The fourth-order valence-corrected chi connectivity index (χ4v) is 2.95. The zero-order valence-electron chi connectivity index (χ0n) is 14.1. The third-order valence-electron chi connectivity index (χ3n) is 4.41. The Bertz CT molecular complexity index is 591. The first kappa shape index (κ1) is 18.4. The van der Waals surface area contributed by atoms with Crippen LogP contribution in [0, 0.1) is 11.7 Å². The molecule has 0 bridgehead atoms. The molecule has 1 aromatic carbocycles. The van der Waals surface area contributed by atoms with Crippen LogP contribution in [0.2, 0.25) is 0 Å². The van der Waals surface area contributed by atoms with Crippen LogP contribution in [0.3, 0.4) is 0 Å². The van der Waals surface area contributed by atoms with E-state index in [1.165, 1.54) is 18.2 Å². The number of hydrogen-bond acceptors (Lipinski definition) is 3. The number of carbonyl (C=O) groups is 2. The molecule has 1 saturated carbocycles. The van der Waals surface area contributed by atoms with Gasteiger partial charge in [-0.15, -0.1) is 0 Å². The minimum atomic E-state index is -0.786. The molecule has 3 unspecified atom stereocenters. The van der Waals surface area contributed by atoms with Gasteiger partial charge in [0.2, 0.25) is 5.91 Å². The normalized spacial score (nSPS) is 22.0. The lowest BCUT2D eigenvalue weighted by Crippen LogP contribution is -2.55. The summed E-state index contributed by atoms with van der Waals surface area (Å²) in [5.74, 6) is -1.76. The standard InChI is InChI=1S/C18H25FN2O3/c1-11(2)16(18(24)20-14-9-5-6-10-15(14)22)21-17(23)12-7-3-4-8-13(12)19/h3-4,7-8,11,14-16,22H,5-6,9-10H2,1-2H3,(H,20,24)(H,21,23). The number of amides is 2. The highest BCUT2D eigenvalue weighted by Gasteiger charge is 2.30. The first-order valence-corrected chi connectivity index (χ1v) is 8.44. The average Bonchev–Trinajstić information content (AvgIpc) is 2.54. The van der Waals surface area contributed by atoms with E-state index in [2.05, 4.69) is 10.6 Å². The van der Waals surface area contributed by atoms with Crippen LogP contribution in [0.15, 0.2) is 24.3 Å². The van der Waals surface area contributed by atoms with Crippen LogP contribution in [0.1, 0.15) is 49.9 Å². The van der Waals surface area contributed by atoms with Crippen LogP contribution >= 0.6 is 0 Å². The summed E-state index contributed by atoms with van der Waals surface area (Å²) in [5.41, 5.74) is -0.0892. The Kier molecular flexibility index (Phi) is 6.31. The lowest BCUT2D eigenvalue weighted by atomic mass is 9.92. The molecule has 24 heavy (non-hydrogen) atoms. The summed E-state index contributed by atoms with van der Waals surface area (Å²) in [4.78, 5) is 24.8. The van der Waals surface area contributed by atoms with E-state index in [-0.39, 0.29) is 23.4 Å². The van der Waals surface area contributed by atoms with Gasteiger partial charge in [-0.25, -0.2) is 4.39 Å². The van der Waals surface area contributed by atoms with Crippen LogP contribution in [0.5, 0.6) is 0 Å². The lowest BCUT2D eigenvalue weighted by Gasteiger charge is -2.31. The molecule has 0 spiro atoms. The molecule has 0 aliphatic heterocycles. The molecule has 3 atom stereocenters. The molecule has 1 aliphatic rings. The van der Waals surface area contributed by atoms with Crippen molar-refractivity contribution in [3.8, 4) is 0 Å². The second-order valence-corrected chi connectivity index (χ2v) is 6.64. The molecule has 132 valence electrons. The smallest absolute Gasteiger partial charge is 0.254 e. The van der Waals surface area contributed by atoms with E-state index in [1.54, 1.807) is 6.07 Å². The van der Waals surface area contributed by atoms with E-state index in [0.29, 0.717) is 6.42 Å². The second kappa shape index (κ2) is 8.24. The fraction of sp³-hybridized carbons (Fsp3) is 0.556. The van der Waals surface area contributed by atoms with E-state index in [9.17, 15) is 19.1 Å². The highest BCUT2D eigenvalue weighted by Crippen LogP contribution is 2.19. The summed E-state index contributed by atoms with van der Waals surface area (Å²) in [5, 5.41) is 15.4. The van der Waals surface area contributed by atoms with Crippen molar-refractivity contribution in [1.82, 2.24) is 10.6 Å². The van der Waals surface area contributed by atoms with Crippen molar-refractivity contribution >= 4 is 11.8 Å². The van der Waals surface area contributed by atoms with E-state index in [0.717, 1.165) is 19.3 Å². The van der Waals surface area contributed by atoms with Gasteiger partial charge >= 0.3 is 0 Å². The monoisotopic (exact) mass is 336 g/mol. The highest BCUT2D eigenvalue weighted by atomic mass is 19.1. The zero-order chi connectivity index (χ0) is 17.7. The summed E-state index contributed by atoms with van der Waals surface area (Å²) in [6, 6.07) is 4.58. The SMILES string of the molecule is CC(C)C(NC(=O)c1ccccc1F)C(=O)NC1CCCCC1O. The first-order valence-electron chi connectivity index (χ1n) is 8.44. The number of rotatable bonds is 5. The van der Waals surface area contributed by atoms with Crippen molar-refractivity contribution in [3.05, 3.63) is 35.6 Å². The van der Waals surface area contributed by atoms with E-state index in [4.69, 9.17) is 0 Å². The molecule has 1 aliphatic carbocycles. The van der Waals surface area contributed by atoms with Gasteiger partial charge in [-0.2, -0.15) is 0 Å². The number of aliphatic hydroxyl groups is 1. The molecule has 2 rings (SSSR count). The third-order valence-corrected chi connectivity index (χ3v) is 4.41. The van der Waals surface area contributed by atoms with Crippen molar-refractivity contribution in [2.24, 2.45) is 5.92 Å². The van der Waals surface area contributed by atoms with Gasteiger partial charge in [0.05, 0.1) is 17.7 Å². The lowest BCUT2D eigenvalue weighted by molar-refractivity contribution is -0.125. The summed E-state index contributed by atoms with van der Waals surface area (Å²) in [6.45, 7) is 3.62. The Balaban J connectivity index is 2.04. The molecule has 5 nitrogen and oxygen atoms in total. The molecule has 2 amide bonds.